The molecular formula is C18H18N2O3. The predicted octanol–water partition coefficient (Wildman–Crippen LogP) is 3.30. The van der Waals surface area contributed by atoms with Crippen molar-refractivity contribution in [3.63, 3.8) is 0 Å². The Kier molecular flexibility index (Phi) is 4.57. The van der Waals surface area contributed by atoms with Crippen LogP contribution in [0.4, 0.5) is 0 Å². The van der Waals surface area contributed by atoms with Gasteiger partial charge in [0, 0.05) is 5.56 Å². The highest BCUT2D eigenvalue weighted by Crippen LogP contribution is 2.20. The summed E-state index contributed by atoms with van der Waals surface area (Å²) in [5, 5.41) is 12.1. The SMILES string of the molecule is Cc1ccccc1OCc1ccccc1C(=N)C1=NOCCO1. The zero-order valence-electron chi connectivity index (χ0n) is 12.9. The molecule has 2 aromatic carbocycles. The Balaban J connectivity index is 1.79. The molecule has 1 heterocycles. The fourth-order valence-electron chi connectivity index (χ4n) is 2.30. The summed E-state index contributed by atoms with van der Waals surface area (Å²) < 4.78 is 11.3. The Bertz CT molecular complexity index is 741. The van der Waals surface area contributed by atoms with E-state index in [2.05, 4.69) is 5.16 Å². The molecule has 0 spiro atoms. The first-order chi connectivity index (χ1) is 11.3. The van der Waals surface area contributed by atoms with E-state index in [1.54, 1.807) is 0 Å². The van der Waals surface area contributed by atoms with E-state index < -0.39 is 0 Å². The average molecular weight is 310 g/mol. The number of aryl methyl sites for hydroxylation is 1. The maximum Gasteiger partial charge on any atom is 0.276 e. The van der Waals surface area contributed by atoms with Crippen LogP contribution in [-0.4, -0.2) is 24.8 Å². The number of nitrogens with one attached hydrogen (secondary N) is 1. The van der Waals surface area contributed by atoms with Crippen LogP contribution in [0.2, 0.25) is 0 Å². The normalized spacial score (nSPS) is 13.5. The number of rotatable bonds is 5. The third kappa shape index (κ3) is 3.51. The summed E-state index contributed by atoms with van der Waals surface area (Å²) in [7, 11) is 0. The molecule has 0 atom stereocenters. The number of para-hydroxylation sites is 1. The minimum atomic E-state index is 0.202. The monoisotopic (exact) mass is 310 g/mol. The smallest absolute Gasteiger partial charge is 0.276 e. The zero-order valence-corrected chi connectivity index (χ0v) is 12.9. The number of nitrogens with zero attached hydrogens (tertiary/aromatic N) is 1. The average Bonchev–Trinajstić information content (AvgIpc) is 2.61. The summed E-state index contributed by atoms with van der Waals surface area (Å²) >= 11 is 0. The van der Waals surface area contributed by atoms with Crippen molar-refractivity contribution in [2.45, 2.75) is 13.5 Å². The summed E-state index contributed by atoms with van der Waals surface area (Å²) in [6.45, 7) is 3.20. The number of benzene rings is 2. The van der Waals surface area contributed by atoms with Gasteiger partial charge in [-0.2, -0.15) is 0 Å². The largest absolute Gasteiger partial charge is 0.489 e. The minimum absolute atomic E-state index is 0.202. The van der Waals surface area contributed by atoms with E-state index in [0.29, 0.717) is 19.8 Å². The number of oxime groups is 1. The molecule has 118 valence electrons. The molecule has 5 nitrogen and oxygen atoms in total. The quantitative estimate of drug-likeness (QED) is 0.862. The first-order valence-electron chi connectivity index (χ1n) is 7.44. The molecule has 0 fully saturated rings. The van der Waals surface area contributed by atoms with Crippen molar-refractivity contribution < 1.29 is 14.3 Å². The molecular weight excluding hydrogens is 292 g/mol. The summed E-state index contributed by atoms with van der Waals surface area (Å²) in [4.78, 5) is 5.00. The highest BCUT2D eigenvalue weighted by Gasteiger charge is 2.18. The lowest BCUT2D eigenvalue weighted by Crippen LogP contribution is -2.25. The van der Waals surface area contributed by atoms with Gasteiger partial charge in [0.2, 0.25) is 0 Å². The van der Waals surface area contributed by atoms with E-state index >= 15 is 0 Å². The van der Waals surface area contributed by atoms with E-state index in [0.717, 1.165) is 22.4 Å². The van der Waals surface area contributed by atoms with Gasteiger partial charge >= 0.3 is 0 Å². The molecule has 0 unspecified atom stereocenters. The number of hydrogen-bond acceptors (Lipinski definition) is 5. The Morgan fingerprint density at radius 1 is 1.13 bits per heavy atom. The summed E-state index contributed by atoms with van der Waals surface area (Å²) in [6.07, 6.45) is 0. The van der Waals surface area contributed by atoms with Crippen LogP contribution in [0.5, 0.6) is 5.75 Å². The van der Waals surface area contributed by atoms with E-state index in [4.69, 9.17) is 19.7 Å². The van der Waals surface area contributed by atoms with Crippen molar-refractivity contribution in [2.24, 2.45) is 5.16 Å². The van der Waals surface area contributed by atoms with Crippen LogP contribution in [-0.2, 0) is 16.2 Å². The predicted molar refractivity (Wildman–Crippen MR) is 88.1 cm³/mol. The fraction of sp³-hybridized carbons (Fsp3) is 0.222. The lowest BCUT2D eigenvalue weighted by atomic mass is 10.0. The number of hydrogen-bond donors (Lipinski definition) is 1. The van der Waals surface area contributed by atoms with Gasteiger partial charge in [0.25, 0.3) is 5.90 Å². The molecule has 1 aliphatic rings. The van der Waals surface area contributed by atoms with Crippen LogP contribution in [0.1, 0.15) is 16.7 Å². The van der Waals surface area contributed by atoms with Crippen molar-refractivity contribution in [2.75, 3.05) is 13.2 Å². The Hall–Kier alpha value is -2.82. The molecule has 3 rings (SSSR count). The second-order valence-electron chi connectivity index (χ2n) is 5.16. The van der Waals surface area contributed by atoms with Crippen LogP contribution >= 0.6 is 0 Å². The van der Waals surface area contributed by atoms with Gasteiger partial charge in [-0.25, -0.2) is 0 Å². The third-order valence-electron chi connectivity index (χ3n) is 3.54. The Labute approximate surface area is 135 Å². The van der Waals surface area contributed by atoms with Crippen LogP contribution in [0.3, 0.4) is 0 Å². The van der Waals surface area contributed by atoms with Crippen molar-refractivity contribution in [1.82, 2.24) is 0 Å². The molecule has 5 heteroatoms. The first kappa shape index (κ1) is 15.1. The summed E-state index contributed by atoms with van der Waals surface area (Å²) in [5.74, 6) is 1.04. The standard InChI is InChI=1S/C18H18N2O3/c1-13-6-2-5-9-16(13)22-12-14-7-3-4-8-15(14)17(19)18-20-23-11-10-21-18/h2-9,19H,10-12H2,1H3. The molecule has 0 amide bonds. The van der Waals surface area contributed by atoms with Crippen molar-refractivity contribution in [3.8, 4) is 5.75 Å². The van der Waals surface area contributed by atoms with Crippen LogP contribution in [0, 0.1) is 12.3 Å². The fourth-order valence-corrected chi connectivity index (χ4v) is 2.30. The third-order valence-corrected chi connectivity index (χ3v) is 3.54. The highest BCUT2D eigenvalue weighted by atomic mass is 16.7. The lowest BCUT2D eigenvalue weighted by Gasteiger charge is -2.16. The van der Waals surface area contributed by atoms with Gasteiger partial charge in [0.15, 0.2) is 6.61 Å². The van der Waals surface area contributed by atoms with Crippen LogP contribution in [0.15, 0.2) is 53.7 Å². The zero-order chi connectivity index (χ0) is 16.1. The Morgan fingerprint density at radius 2 is 1.91 bits per heavy atom. The van der Waals surface area contributed by atoms with Crippen molar-refractivity contribution in [3.05, 3.63) is 65.2 Å². The molecule has 0 aromatic heterocycles. The van der Waals surface area contributed by atoms with Gasteiger partial charge in [-0.1, -0.05) is 42.5 Å². The van der Waals surface area contributed by atoms with E-state index in [1.165, 1.54) is 0 Å². The van der Waals surface area contributed by atoms with E-state index in [9.17, 15) is 0 Å². The van der Waals surface area contributed by atoms with Crippen LogP contribution < -0.4 is 4.74 Å². The maximum atomic E-state index is 8.30. The highest BCUT2D eigenvalue weighted by molar-refractivity contribution is 6.44. The second-order valence-corrected chi connectivity index (χ2v) is 5.16. The molecule has 0 aliphatic carbocycles. The van der Waals surface area contributed by atoms with Crippen molar-refractivity contribution >= 4 is 11.6 Å². The molecule has 0 saturated heterocycles. The molecule has 0 radical (unpaired) electrons. The first-order valence-corrected chi connectivity index (χ1v) is 7.44. The van der Waals surface area contributed by atoms with Gasteiger partial charge < -0.3 is 14.3 Å². The molecule has 1 aliphatic heterocycles. The van der Waals surface area contributed by atoms with Crippen LogP contribution in [0.25, 0.3) is 0 Å². The minimum Gasteiger partial charge on any atom is -0.489 e. The maximum absolute atomic E-state index is 8.30. The van der Waals surface area contributed by atoms with Gasteiger partial charge in [-0.3, -0.25) is 5.41 Å². The van der Waals surface area contributed by atoms with Gasteiger partial charge in [-0.05, 0) is 29.3 Å². The topological polar surface area (TPSA) is 63.9 Å². The van der Waals surface area contributed by atoms with Gasteiger partial charge in [-0.15, -0.1) is 0 Å². The summed E-state index contributed by atoms with van der Waals surface area (Å²) in [5.41, 5.74) is 2.91. The second kappa shape index (κ2) is 6.96. The number of ether oxygens (including phenoxy) is 2. The lowest BCUT2D eigenvalue weighted by molar-refractivity contribution is 0.0676. The molecule has 0 bridgehead atoms. The van der Waals surface area contributed by atoms with Crippen molar-refractivity contribution in [1.29, 1.82) is 5.41 Å². The summed E-state index contributed by atoms with van der Waals surface area (Å²) in [6, 6.07) is 15.5. The molecule has 0 saturated carbocycles. The Morgan fingerprint density at radius 3 is 2.70 bits per heavy atom. The van der Waals surface area contributed by atoms with Gasteiger partial charge in [0.1, 0.15) is 24.7 Å². The molecule has 23 heavy (non-hydrogen) atoms. The van der Waals surface area contributed by atoms with Gasteiger partial charge in [0.05, 0.1) is 0 Å². The van der Waals surface area contributed by atoms with E-state index in [-0.39, 0.29) is 11.6 Å². The molecule has 1 N–H and O–H groups in total. The molecule has 2 aromatic rings. The van der Waals surface area contributed by atoms with E-state index in [1.807, 2.05) is 55.5 Å².